The number of aryl methyl sites for hydroxylation is 1. The van der Waals surface area contributed by atoms with Gasteiger partial charge in [-0.3, -0.25) is 9.89 Å². The maximum absolute atomic E-state index is 12.1. The Labute approximate surface area is 121 Å². The maximum Gasteiger partial charge on any atom is 0.268 e. The Bertz CT molecular complexity index is 788. The molecule has 2 aromatic heterocycles. The van der Waals surface area contributed by atoms with Crippen LogP contribution in [-0.4, -0.2) is 26.2 Å². The lowest BCUT2D eigenvalue weighted by Gasteiger charge is -2.00. The van der Waals surface area contributed by atoms with Crippen LogP contribution in [0.4, 0.5) is 0 Å². The van der Waals surface area contributed by atoms with E-state index in [-0.39, 0.29) is 11.7 Å². The molecule has 2 heterocycles. The molecule has 3 rings (SSSR count). The Hall–Kier alpha value is -2.76. The molecule has 0 unspecified atom stereocenters. The molecule has 0 saturated carbocycles. The highest BCUT2D eigenvalue weighted by Crippen LogP contribution is 2.20. The highest BCUT2D eigenvalue weighted by molar-refractivity contribution is 5.98. The third kappa shape index (κ3) is 2.74. The first-order chi connectivity index (χ1) is 10.2. The Morgan fingerprint density at radius 3 is 2.95 bits per heavy atom. The summed E-state index contributed by atoms with van der Waals surface area (Å²) in [4.78, 5) is 15.1. The Balaban J connectivity index is 1.71. The van der Waals surface area contributed by atoms with Gasteiger partial charge >= 0.3 is 0 Å². The van der Waals surface area contributed by atoms with Gasteiger partial charge in [0.15, 0.2) is 0 Å². The number of rotatable bonds is 4. The van der Waals surface area contributed by atoms with E-state index in [0.29, 0.717) is 12.2 Å². The topological polar surface area (TPSA) is 93.8 Å². The van der Waals surface area contributed by atoms with Gasteiger partial charge < -0.3 is 15.4 Å². The molecule has 6 heteroatoms. The number of H-pyrrole nitrogens is 2. The van der Waals surface area contributed by atoms with Crippen LogP contribution in [0.3, 0.4) is 0 Å². The van der Waals surface area contributed by atoms with Gasteiger partial charge in [-0.2, -0.15) is 5.10 Å². The van der Waals surface area contributed by atoms with Gasteiger partial charge in [-0.25, -0.2) is 0 Å². The van der Waals surface area contributed by atoms with Crippen LogP contribution in [0.1, 0.15) is 28.8 Å². The molecule has 0 radical (unpaired) electrons. The minimum Gasteiger partial charge on any atom is -0.508 e. The van der Waals surface area contributed by atoms with Crippen molar-refractivity contribution in [2.24, 2.45) is 0 Å². The number of phenolic OH excluding ortho intramolecular Hbond substituents is 1. The number of aromatic nitrogens is 3. The number of phenols is 1. The van der Waals surface area contributed by atoms with Gasteiger partial charge in [0.1, 0.15) is 11.4 Å². The Kier molecular flexibility index (Phi) is 3.35. The second-order valence-electron chi connectivity index (χ2n) is 4.88. The SMILES string of the molecule is CCc1cc(CNC(=O)c2cc3ccc(O)cc3[nH]2)[nH]n1. The number of amides is 1. The smallest absolute Gasteiger partial charge is 0.268 e. The van der Waals surface area contributed by atoms with Crippen LogP contribution < -0.4 is 5.32 Å². The molecule has 0 aliphatic carbocycles. The Morgan fingerprint density at radius 2 is 2.19 bits per heavy atom. The van der Waals surface area contributed by atoms with Crippen molar-refractivity contribution in [3.63, 3.8) is 0 Å². The summed E-state index contributed by atoms with van der Waals surface area (Å²) in [6.45, 7) is 2.42. The first kappa shape index (κ1) is 13.2. The zero-order chi connectivity index (χ0) is 14.8. The third-order valence-corrected chi connectivity index (χ3v) is 3.34. The first-order valence-corrected chi connectivity index (χ1v) is 6.79. The molecule has 6 nitrogen and oxygen atoms in total. The van der Waals surface area contributed by atoms with Crippen molar-refractivity contribution in [3.8, 4) is 5.75 Å². The van der Waals surface area contributed by atoms with Gasteiger partial charge in [0, 0.05) is 17.0 Å². The van der Waals surface area contributed by atoms with E-state index in [1.807, 2.05) is 13.0 Å². The predicted octanol–water partition coefficient (Wildman–Crippen LogP) is 2.09. The summed E-state index contributed by atoms with van der Waals surface area (Å²) >= 11 is 0. The monoisotopic (exact) mass is 284 g/mol. The van der Waals surface area contributed by atoms with Crippen LogP contribution >= 0.6 is 0 Å². The molecule has 1 amide bonds. The molecule has 0 fully saturated rings. The van der Waals surface area contributed by atoms with E-state index in [1.54, 1.807) is 24.3 Å². The lowest BCUT2D eigenvalue weighted by Crippen LogP contribution is -2.23. The highest BCUT2D eigenvalue weighted by atomic mass is 16.3. The molecule has 4 N–H and O–H groups in total. The van der Waals surface area contributed by atoms with E-state index in [4.69, 9.17) is 0 Å². The molecule has 0 aliphatic heterocycles. The summed E-state index contributed by atoms with van der Waals surface area (Å²) in [6, 6.07) is 8.64. The predicted molar refractivity (Wildman–Crippen MR) is 79.1 cm³/mol. The van der Waals surface area contributed by atoms with Crippen LogP contribution in [-0.2, 0) is 13.0 Å². The van der Waals surface area contributed by atoms with Gasteiger partial charge in [0.2, 0.25) is 0 Å². The van der Waals surface area contributed by atoms with Crippen LogP contribution in [0, 0.1) is 0 Å². The van der Waals surface area contributed by atoms with Crippen LogP contribution in [0.2, 0.25) is 0 Å². The molecule has 0 bridgehead atoms. The number of nitrogens with zero attached hydrogens (tertiary/aromatic N) is 1. The van der Waals surface area contributed by atoms with Gasteiger partial charge in [-0.15, -0.1) is 0 Å². The average Bonchev–Trinajstić information content (AvgIpc) is 3.10. The zero-order valence-corrected chi connectivity index (χ0v) is 11.6. The summed E-state index contributed by atoms with van der Waals surface area (Å²) < 4.78 is 0. The molecular formula is C15H16N4O2. The fourth-order valence-electron chi connectivity index (χ4n) is 2.19. The molecule has 0 atom stereocenters. The van der Waals surface area contributed by atoms with E-state index < -0.39 is 0 Å². The maximum atomic E-state index is 12.1. The quantitative estimate of drug-likeness (QED) is 0.591. The summed E-state index contributed by atoms with van der Waals surface area (Å²) in [5.74, 6) is -0.0285. The van der Waals surface area contributed by atoms with Gasteiger partial charge in [0.25, 0.3) is 5.91 Å². The number of aromatic amines is 2. The number of aromatic hydroxyl groups is 1. The number of carbonyl (C=O) groups is 1. The van der Waals surface area contributed by atoms with Crippen LogP contribution in [0.25, 0.3) is 10.9 Å². The fourth-order valence-corrected chi connectivity index (χ4v) is 2.19. The van der Waals surface area contributed by atoms with Crippen molar-refractivity contribution in [2.45, 2.75) is 19.9 Å². The lowest BCUT2D eigenvalue weighted by molar-refractivity contribution is 0.0946. The second kappa shape index (κ2) is 5.32. The van der Waals surface area contributed by atoms with E-state index in [1.165, 1.54) is 0 Å². The van der Waals surface area contributed by atoms with Crippen LogP contribution in [0.5, 0.6) is 5.75 Å². The van der Waals surface area contributed by atoms with E-state index in [2.05, 4.69) is 20.5 Å². The molecule has 21 heavy (non-hydrogen) atoms. The van der Waals surface area contributed by atoms with Crippen molar-refractivity contribution in [1.29, 1.82) is 0 Å². The summed E-state index contributed by atoms with van der Waals surface area (Å²) in [6.07, 6.45) is 0.857. The van der Waals surface area contributed by atoms with Crippen molar-refractivity contribution in [1.82, 2.24) is 20.5 Å². The molecular weight excluding hydrogens is 268 g/mol. The van der Waals surface area contributed by atoms with Crippen molar-refractivity contribution in [3.05, 3.63) is 47.4 Å². The number of fused-ring (bicyclic) bond motifs is 1. The molecule has 108 valence electrons. The summed E-state index contributed by atoms with van der Waals surface area (Å²) in [7, 11) is 0. The number of benzene rings is 1. The van der Waals surface area contributed by atoms with Gasteiger partial charge in [-0.1, -0.05) is 6.92 Å². The van der Waals surface area contributed by atoms with Gasteiger partial charge in [0.05, 0.1) is 17.9 Å². The molecule has 0 spiro atoms. The number of hydrogen-bond acceptors (Lipinski definition) is 3. The lowest BCUT2D eigenvalue weighted by atomic mass is 10.2. The van der Waals surface area contributed by atoms with Crippen molar-refractivity contribution < 1.29 is 9.90 Å². The fraction of sp³-hybridized carbons (Fsp3) is 0.200. The Morgan fingerprint density at radius 1 is 1.33 bits per heavy atom. The van der Waals surface area contributed by atoms with E-state index in [0.717, 1.165) is 28.7 Å². The molecule has 3 aromatic rings. The summed E-state index contributed by atoms with van der Waals surface area (Å²) in [5.41, 5.74) is 3.04. The van der Waals surface area contributed by atoms with Crippen molar-refractivity contribution in [2.75, 3.05) is 0 Å². The van der Waals surface area contributed by atoms with Gasteiger partial charge in [-0.05, 0) is 30.7 Å². The largest absolute Gasteiger partial charge is 0.508 e. The second-order valence-corrected chi connectivity index (χ2v) is 4.88. The molecule has 0 aliphatic rings. The standard InChI is InChI=1S/C15H16N4O2/c1-2-10-6-11(19-18-10)8-16-15(21)14-5-9-3-4-12(20)7-13(9)17-14/h3-7,17,20H,2,8H2,1H3,(H,16,21)(H,18,19). The minimum atomic E-state index is -0.196. The average molecular weight is 284 g/mol. The number of nitrogens with one attached hydrogen (secondary N) is 3. The molecule has 0 saturated heterocycles. The normalized spacial score (nSPS) is 10.9. The molecule has 1 aromatic carbocycles. The van der Waals surface area contributed by atoms with Crippen LogP contribution in [0.15, 0.2) is 30.3 Å². The number of hydrogen-bond donors (Lipinski definition) is 4. The van der Waals surface area contributed by atoms with E-state index >= 15 is 0 Å². The third-order valence-electron chi connectivity index (χ3n) is 3.34. The minimum absolute atomic E-state index is 0.167. The first-order valence-electron chi connectivity index (χ1n) is 6.79. The van der Waals surface area contributed by atoms with Crippen molar-refractivity contribution >= 4 is 16.8 Å². The zero-order valence-electron chi connectivity index (χ0n) is 11.6. The number of carbonyl (C=O) groups excluding carboxylic acids is 1. The van der Waals surface area contributed by atoms with E-state index in [9.17, 15) is 9.90 Å². The summed E-state index contributed by atoms with van der Waals surface area (Å²) in [5, 5.41) is 20.1. The highest BCUT2D eigenvalue weighted by Gasteiger charge is 2.10.